The maximum Gasteiger partial charge on any atom is 0.223 e. The molecule has 3 heteroatoms. The average Bonchev–Trinajstić information content (AvgIpc) is 2.79. The molecule has 0 aliphatic heterocycles. The van der Waals surface area contributed by atoms with Crippen molar-refractivity contribution in [2.24, 2.45) is 17.8 Å². The van der Waals surface area contributed by atoms with Crippen molar-refractivity contribution in [2.75, 3.05) is 6.54 Å². The van der Waals surface area contributed by atoms with Crippen LogP contribution in [0, 0.1) is 29.1 Å². The van der Waals surface area contributed by atoms with Crippen LogP contribution in [0.5, 0.6) is 0 Å². The lowest BCUT2D eigenvalue weighted by Gasteiger charge is -2.20. The number of hydrogen-bond donors (Lipinski definition) is 1. The number of rotatable bonds is 3. The van der Waals surface area contributed by atoms with E-state index >= 15 is 0 Å². The number of carbonyl (C=O) groups excluding carboxylic acids is 1. The van der Waals surface area contributed by atoms with E-state index in [1.807, 2.05) is 6.07 Å². The minimum Gasteiger partial charge on any atom is -0.355 e. The Morgan fingerprint density at radius 3 is 2.86 bits per heavy atom. The molecule has 3 nitrogen and oxygen atoms in total. The second-order valence-corrected chi connectivity index (χ2v) is 4.48. The lowest BCUT2D eigenvalue weighted by Crippen LogP contribution is -2.34. The summed E-state index contributed by atoms with van der Waals surface area (Å²) < 4.78 is 0. The molecule has 0 radical (unpaired) electrons. The molecular formula is C11H16N2O. The first kappa shape index (κ1) is 9.51. The van der Waals surface area contributed by atoms with Crippen molar-refractivity contribution in [1.29, 1.82) is 5.26 Å². The average molecular weight is 192 g/mol. The van der Waals surface area contributed by atoms with Crippen molar-refractivity contribution in [3.05, 3.63) is 0 Å². The van der Waals surface area contributed by atoms with E-state index in [-0.39, 0.29) is 11.8 Å². The molecule has 0 aromatic rings. The molecule has 0 aromatic carbocycles. The van der Waals surface area contributed by atoms with Crippen LogP contribution >= 0.6 is 0 Å². The Bertz CT molecular complexity index is 269. The topological polar surface area (TPSA) is 52.9 Å². The van der Waals surface area contributed by atoms with Gasteiger partial charge in [-0.15, -0.1) is 0 Å². The summed E-state index contributed by atoms with van der Waals surface area (Å²) in [5, 5.41) is 11.2. The largest absolute Gasteiger partial charge is 0.355 e. The molecule has 2 saturated carbocycles. The summed E-state index contributed by atoms with van der Waals surface area (Å²) in [6.45, 7) is 0.517. The summed E-state index contributed by atoms with van der Waals surface area (Å²) in [7, 11) is 0. The highest BCUT2D eigenvalue weighted by molar-refractivity contribution is 5.79. The first-order valence-corrected chi connectivity index (χ1v) is 5.46. The van der Waals surface area contributed by atoms with E-state index in [0.29, 0.717) is 18.9 Å². The van der Waals surface area contributed by atoms with Gasteiger partial charge in [-0.3, -0.25) is 4.79 Å². The third-order valence-electron chi connectivity index (χ3n) is 3.61. The standard InChI is InChI=1S/C11H16N2O/c12-4-1-5-13-11(14)10-7-8-2-3-9(10)6-8/h8-10H,1-3,5-7H2,(H,13,14). The van der Waals surface area contributed by atoms with Crippen LogP contribution in [0.4, 0.5) is 0 Å². The molecule has 2 rings (SSSR count). The van der Waals surface area contributed by atoms with Crippen molar-refractivity contribution in [3.63, 3.8) is 0 Å². The number of nitriles is 1. The minimum atomic E-state index is 0.187. The van der Waals surface area contributed by atoms with Crippen molar-refractivity contribution >= 4 is 5.91 Å². The van der Waals surface area contributed by atoms with Gasteiger partial charge in [-0.1, -0.05) is 6.42 Å². The third kappa shape index (κ3) is 1.75. The molecule has 3 unspecified atom stereocenters. The van der Waals surface area contributed by atoms with E-state index in [9.17, 15) is 4.79 Å². The van der Waals surface area contributed by atoms with E-state index in [4.69, 9.17) is 5.26 Å². The first-order chi connectivity index (χ1) is 6.81. The van der Waals surface area contributed by atoms with Crippen LogP contribution in [0.3, 0.4) is 0 Å². The Kier molecular flexibility index (Phi) is 2.72. The Morgan fingerprint density at radius 2 is 2.29 bits per heavy atom. The predicted octanol–water partition coefficient (Wildman–Crippen LogP) is 1.45. The predicted molar refractivity (Wildman–Crippen MR) is 52.2 cm³/mol. The molecule has 0 saturated heterocycles. The van der Waals surface area contributed by atoms with Crippen LogP contribution < -0.4 is 5.32 Å². The van der Waals surface area contributed by atoms with Gasteiger partial charge in [0, 0.05) is 12.5 Å². The van der Waals surface area contributed by atoms with Crippen LogP contribution in [0.1, 0.15) is 32.1 Å². The van der Waals surface area contributed by atoms with Gasteiger partial charge >= 0.3 is 0 Å². The van der Waals surface area contributed by atoms with Crippen LogP contribution in [0.15, 0.2) is 0 Å². The second kappa shape index (κ2) is 4.00. The van der Waals surface area contributed by atoms with E-state index in [1.54, 1.807) is 0 Å². The van der Waals surface area contributed by atoms with Gasteiger partial charge < -0.3 is 5.32 Å². The van der Waals surface area contributed by atoms with Crippen molar-refractivity contribution < 1.29 is 4.79 Å². The highest BCUT2D eigenvalue weighted by Gasteiger charge is 2.42. The molecule has 2 fully saturated rings. The van der Waals surface area contributed by atoms with Crippen LogP contribution in [0.2, 0.25) is 0 Å². The highest BCUT2D eigenvalue weighted by atomic mass is 16.1. The molecule has 0 heterocycles. The molecule has 2 aliphatic rings. The fourth-order valence-electron chi connectivity index (χ4n) is 2.94. The summed E-state index contributed by atoms with van der Waals surface area (Å²) in [4.78, 5) is 11.7. The third-order valence-corrected chi connectivity index (χ3v) is 3.61. The number of nitrogens with one attached hydrogen (secondary N) is 1. The fraction of sp³-hybridized carbons (Fsp3) is 0.818. The second-order valence-electron chi connectivity index (χ2n) is 4.48. The van der Waals surface area contributed by atoms with Crippen molar-refractivity contribution in [3.8, 4) is 6.07 Å². The normalized spacial score (nSPS) is 34.1. The smallest absolute Gasteiger partial charge is 0.223 e. The fourth-order valence-corrected chi connectivity index (χ4v) is 2.94. The van der Waals surface area contributed by atoms with Gasteiger partial charge in [-0.25, -0.2) is 0 Å². The molecule has 0 aromatic heterocycles. The zero-order valence-electron chi connectivity index (χ0n) is 8.33. The van der Waals surface area contributed by atoms with Gasteiger partial charge in [0.1, 0.15) is 0 Å². The number of fused-ring (bicyclic) bond motifs is 2. The lowest BCUT2D eigenvalue weighted by atomic mass is 9.88. The molecule has 0 spiro atoms. The van der Waals surface area contributed by atoms with Gasteiger partial charge in [-0.2, -0.15) is 5.26 Å². The molecule has 14 heavy (non-hydrogen) atoms. The lowest BCUT2D eigenvalue weighted by molar-refractivity contribution is -0.126. The summed E-state index contributed by atoms with van der Waals surface area (Å²) in [6, 6.07) is 2.03. The van der Waals surface area contributed by atoms with Crippen LogP contribution in [-0.4, -0.2) is 12.5 Å². The zero-order chi connectivity index (χ0) is 9.97. The van der Waals surface area contributed by atoms with Crippen LogP contribution in [0.25, 0.3) is 0 Å². The van der Waals surface area contributed by atoms with Crippen LogP contribution in [-0.2, 0) is 4.79 Å². The molecule has 2 aliphatic carbocycles. The summed E-state index contributed by atoms with van der Waals surface area (Å²) >= 11 is 0. The zero-order valence-corrected chi connectivity index (χ0v) is 8.33. The monoisotopic (exact) mass is 192 g/mol. The number of hydrogen-bond acceptors (Lipinski definition) is 2. The van der Waals surface area contributed by atoms with Gasteiger partial charge in [0.15, 0.2) is 0 Å². The van der Waals surface area contributed by atoms with Crippen molar-refractivity contribution in [2.45, 2.75) is 32.1 Å². The maximum absolute atomic E-state index is 11.7. The maximum atomic E-state index is 11.7. The number of carbonyl (C=O) groups is 1. The van der Waals surface area contributed by atoms with Gasteiger partial charge in [0.2, 0.25) is 5.91 Å². The Labute approximate surface area is 84.5 Å². The molecular weight excluding hydrogens is 176 g/mol. The van der Waals surface area contributed by atoms with E-state index in [2.05, 4.69) is 5.32 Å². The van der Waals surface area contributed by atoms with Gasteiger partial charge in [-0.05, 0) is 31.1 Å². The van der Waals surface area contributed by atoms with Gasteiger partial charge in [0.25, 0.3) is 0 Å². The summed E-state index contributed by atoms with van der Waals surface area (Å²) in [5.74, 6) is 1.90. The van der Waals surface area contributed by atoms with E-state index in [1.165, 1.54) is 19.3 Å². The SMILES string of the molecule is N#CCCNC(=O)C1CC2CCC1C2. The minimum absolute atomic E-state index is 0.187. The summed E-state index contributed by atoms with van der Waals surface area (Å²) in [5.41, 5.74) is 0. The van der Waals surface area contributed by atoms with E-state index < -0.39 is 0 Å². The number of amides is 1. The molecule has 1 N–H and O–H groups in total. The van der Waals surface area contributed by atoms with Crippen molar-refractivity contribution in [1.82, 2.24) is 5.32 Å². The Hall–Kier alpha value is -1.04. The first-order valence-electron chi connectivity index (χ1n) is 5.46. The Morgan fingerprint density at radius 1 is 1.43 bits per heavy atom. The molecule has 76 valence electrons. The molecule has 1 amide bonds. The highest BCUT2D eigenvalue weighted by Crippen LogP contribution is 2.48. The molecule has 2 bridgehead atoms. The summed E-state index contributed by atoms with van der Waals surface area (Å²) in [6.07, 6.45) is 5.33. The van der Waals surface area contributed by atoms with Gasteiger partial charge in [0.05, 0.1) is 12.5 Å². The number of nitrogens with zero attached hydrogens (tertiary/aromatic N) is 1. The van der Waals surface area contributed by atoms with E-state index in [0.717, 1.165) is 12.3 Å². The molecule has 3 atom stereocenters. The quantitative estimate of drug-likeness (QED) is 0.688. The Balaban J connectivity index is 1.79.